The Bertz CT molecular complexity index is 1420. The molecule has 5 rings (SSSR count). The van der Waals surface area contributed by atoms with Crippen LogP contribution in [0.25, 0.3) is 22.2 Å². The van der Waals surface area contributed by atoms with E-state index in [0.717, 1.165) is 44.3 Å². The minimum atomic E-state index is -0.304. The molecule has 4 nitrogen and oxygen atoms in total. The number of imidazole rings is 1. The van der Waals surface area contributed by atoms with Crippen molar-refractivity contribution in [3.05, 3.63) is 108 Å². The minimum absolute atomic E-state index is 0.304. The average Bonchev–Trinajstić information content (AvgIpc) is 3.15. The van der Waals surface area contributed by atoms with Gasteiger partial charge in [-0.2, -0.15) is 0 Å². The maximum atomic E-state index is 15.1. The molecular formula is C27H23FN4S. The highest BCUT2D eigenvalue weighted by molar-refractivity contribution is 7.98. The van der Waals surface area contributed by atoms with Gasteiger partial charge in [0.05, 0.1) is 24.0 Å². The highest BCUT2D eigenvalue weighted by Gasteiger charge is 2.18. The summed E-state index contributed by atoms with van der Waals surface area (Å²) in [6.45, 7) is 4.24. The number of hydrogen-bond donors (Lipinski definition) is 0. The van der Waals surface area contributed by atoms with Gasteiger partial charge in [-0.15, -0.1) is 11.8 Å². The zero-order valence-corrected chi connectivity index (χ0v) is 19.3. The molecule has 0 amide bonds. The number of halogens is 1. The average molecular weight is 455 g/mol. The van der Waals surface area contributed by atoms with Crippen molar-refractivity contribution in [1.82, 2.24) is 19.5 Å². The van der Waals surface area contributed by atoms with Crippen molar-refractivity contribution in [3.63, 3.8) is 0 Å². The van der Waals surface area contributed by atoms with Crippen LogP contribution in [0.15, 0.2) is 84.0 Å². The van der Waals surface area contributed by atoms with E-state index >= 15 is 4.39 Å². The molecule has 0 bridgehead atoms. The maximum Gasteiger partial charge on any atom is 0.147 e. The molecule has 5 aromatic rings. The first-order chi connectivity index (χ1) is 16.1. The summed E-state index contributed by atoms with van der Waals surface area (Å²) in [6.07, 6.45) is 3.54. The molecule has 0 fully saturated rings. The van der Waals surface area contributed by atoms with Crippen molar-refractivity contribution in [2.75, 3.05) is 0 Å². The fourth-order valence-electron chi connectivity index (χ4n) is 4.01. The summed E-state index contributed by atoms with van der Waals surface area (Å²) in [5.74, 6) is 1.28. The van der Waals surface area contributed by atoms with Gasteiger partial charge in [-0.25, -0.2) is 9.37 Å². The topological polar surface area (TPSA) is 43.6 Å². The van der Waals surface area contributed by atoms with E-state index in [2.05, 4.69) is 34.2 Å². The second-order valence-corrected chi connectivity index (χ2v) is 8.99. The van der Waals surface area contributed by atoms with Crippen LogP contribution in [0.3, 0.4) is 0 Å². The fourth-order valence-corrected chi connectivity index (χ4v) is 4.85. The Hall–Kier alpha value is -3.51. The third-order valence-corrected chi connectivity index (χ3v) is 6.71. The lowest BCUT2D eigenvalue weighted by Crippen LogP contribution is -2.07. The number of pyridine rings is 2. The molecule has 0 saturated carbocycles. The lowest BCUT2D eigenvalue weighted by atomic mass is 10.0. The second-order valence-electron chi connectivity index (χ2n) is 7.94. The first-order valence-corrected chi connectivity index (χ1v) is 11.8. The molecule has 3 heterocycles. The van der Waals surface area contributed by atoms with Crippen molar-refractivity contribution >= 4 is 22.8 Å². The molecule has 0 radical (unpaired) electrons. The largest absolute Gasteiger partial charge is 0.321 e. The summed E-state index contributed by atoms with van der Waals surface area (Å²) < 4.78 is 17.1. The molecule has 164 valence electrons. The Morgan fingerprint density at radius 1 is 0.909 bits per heavy atom. The van der Waals surface area contributed by atoms with E-state index in [1.165, 1.54) is 5.56 Å². The van der Waals surface area contributed by atoms with E-state index in [1.807, 2.05) is 54.8 Å². The smallest absolute Gasteiger partial charge is 0.147 e. The van der Waals surface area contributed by atoms with Gasteiger partial charge in [0.1, 0.15) is 17.2 Å². The first kappa shape index (κ1) is 21.3. The van der Waals surface area contributed by atoms with Crippen molar-refractivity contribution in [1.29, 1.82) is 0 Å². The third-order valence-electron chi connectivity index (χ3n) is 5.68. The van der Waals surface area contributed by atoms with Gasteiger partial charge in [0.25, 0.3) is 0 Å². The van der Waals surface area contributed by atoms with E-state index in [1.54, 1.807) is 30.2 Å². The zero-order chi connectivity index (χ0) is 22.8. The first-order valence-electron chi connectivity index (χ1n) is 10.8. The molecule has 0 aliphatic rings. The maximum absolute atomic E-state index is 15.1. The van der Waals surface area contributed by atoms with Crippen LogP contribution >= 0.6 is 11.8 Å². The number of benzene rings is 2. The van der Waals surface area contributed by atoms with E-state index in [4.69, 9.17) is 4.98 Å². The lowest BCUT2D eigenvalue weighted by molar-refractivity contribution is 0.582. The molecular weight excluding hydrogens is 431 g/mol. The van der Waals surface area contributed by atoms with Crippen molar-refractivity contribution < 1.29 is 4.39 Å². The number of hydrogen-bond acceptors (Lipinski definition) is 4. The Morgan fingerprint density at radius 2 is 1.64 bits per heavy atom. The van der Waals surface area contributed by atoms with Gasteiger partial charge in [0.2, 0.25) is 0 Å². The molecule has 0 atom stereocenters. The van der Waals surface area contributed by atoms with Gasteiger partial charge < -0.3 is 4.57 Å². The lowest BCUT2D eigenvalue weighted by Gasteiger charge is -2.13. The highest BCUT2D eigenvalue weighted by Crippen LogP contribution is 2.32. The van der Waals surface area contributed by atoms with Crippen LogP contribution in [-0.4, -0.2) is 19.5 Å². The van der Waals surface area contributed by atoms with E-state index in [9.17, 15) is 0 Å². The van der Waals surface area contributed by atoms with Crippen molar-refractivity contribution in [2.24, 2.45) is 0 Å². The van der Waals surface area contributed by atoms with Crippen LogP contribution < -0.4 is 0 Å². The minimum Gasteiger partial charge on any atom is -0.321 e. The van der Waals surface area contributed by atoms with E-state index in [0.29, 0.717) is 12.2 Å². The fraction of sp³-hybridized carbons (Fsp3) is 0.148. The molecule has 0 unspecified atom stereocenters. The van der Waals surface area contributed by atoms with Gasteiger partial charge in [0, 0.05) is 28.1 Å². The molecule has 0 aliphatic carbocycles. The molecule has 33 heavy (non-hydrogen) atoms. The van der Waals surface area contributed by atoms with Crippen LogP contribution in [0.2, 0.25) is 0 Å². The Kier molecular flexibility index (Phi) is 5.92. The van der Waals surface area contributed by atoms with Crippen LogP contribution in [0.1, 0.15) is 22.8 Å². The third kappa shape index (κ3) is 4.39. The predicted octanol–water partition coefficient (Wildman–Crippen LogP) is 6.59. The van der Waals surface area contributed by atoms with Crippen LogP contribution in [0.5, 0.6) is 0 Å². The number of aromatic nitrogens is 4. The SMILES string of the molecule is Cc1ncc2nc(C)n(Cc3ncc(SCc4ccccc4)cc3F)c2c1-c1ccccc1. The molecule has 0 N–H and O–H groups in total. The van der Waals surface area contributed by atoms with Gasteiger partial charge >= 0.3 is 0 Å². The zero-order valence-electron chi connectivity index (χ0n) is 18.5. The molecule has 6 heteroatoms. The summed E-state index contributed by atoms with van der Waals surface area (Å²) in [5.41, 5.74) is 6.35. The van der Waals surface area contributed by atoms with E-state index < -0.39 is 0 Å². The number of nitrogens with zero attached hydrogens (tertiary/aromatic N) is 4. The summed E-state index contributed by atoms with van der Waals surface area (Å²) in [4.78, 5) is 14.5. The van der Waals surface area contributed by atoms with E-state index in [-0.39, 0.29) is 5.82 Å². The molecule has 3 aromatic heterocycles. The van der Waals surface area contributed by atoms with Crippen LogP contribution in [-0.2, 0) is 12.3 Å². The Balaban J connectivity index is 1.48. The normalized spacial score (nSPS) is 11.2. The van der Waals surface area contributed by atoms with Crippen LogP contribution in [0.4, 0.5) is 4.39 Å². The standard InChI is InChI=1S/C27H23FN4S/c1-18-26(21-11-7-4-8-12-21)27-24(15-29-18)31-19(2)32(27)16-25-23(28)13-22(14-30-25)33-17-20-9-5-3-6-10-20/h3-15H,16-17H2,1-2H3. The Labute approximate surface area is 196 Å². The molecule has 0 aliphatic heterocycles. The van der Waals surface area contributed by atoms with Crippen molar-refractivity contribution in [2.45, 2.75) is 31.0 Å². The quantitative estimate of drug-likeness (QED) is 0.272. The predicted molar refractivity (Wildman–Crippen MR) is 132 cm³/mol. The second kappa shape index (κ2) is 9.16. The monoisotopic (exact) mass is 454 g/mol. The number of aryl methyl sites for hydroxylation is 2. The van der Waals surface area contributed by atoms with Gasteiger partial charge in [-0.05, 0) is 31.0 Å². The summed E-state index contributed by atoms with van der Waals surface area (Å²) in [5, 5.41) is 0. The summed E-state index contributed by atoms with van der Waals surface area (Å²) >= 11 is 1.58. The van der Waals surface area contributed by atoms with Crippen LogP contribution in [0, 0.1) is 19.7 Å². The van der Waals surface area contributed by atoms with Gasteiger partial charge in [-0.1, -0.05) is 60.7 Å². The summed E-state index contributed by atoms with van der Waals surface area (Å²) in [6, 6.07) is 21.9. The Morgan fingerprint density at radius 3 is 2.36 bits per heavy atom. The summed E-state index contributed by atoms with van der Waals surface area (Å²) in [7, 11) is 0. The molecule has 2 aromatic carbocycles. The highest BCUT2D eigenvalue weighted by atomic mass is 32.2. The van der Waals surface area contributed by atoms with Crippen molar-refractivity contribution in [3.8, 4) is 11.1 Å². The van der Waals surface area contributed by atoms with Gasteiger partial charge in [-0.3, -0.25) is 9.97 Å². The number of rotatable bonds is 6. The number of thioether (sulfide) groups is 1. The molecule has 0 saturated heterocycles. The molecule has 0 spiro atoms. The van der Waals surface area contributed by atoms with Gasteiger partial charge in [0.15, 0.2) is 0 Å². The number of fused-ring (bicyclic) bond motifs is 1.